The van der Waals surface area contributed by atoms with E-state index in [1.54, 1.807) is 0 Å². The molecule has 7 unspecified atom stereocenters. The van der Waals surface area contributed by atoms with Gasteiger partial charge in [0, 0.05) is 29.5 Å². The number of nitrogens with two attached hydrogens (primary N) is 1. The highest BCUT2D eigenvalue weighted by atomic mass is 16.6. The summed E-state index contributed by atoms with van der Waals surface area (Å²) in [5.41, 5.74) is 6.40. The lowest BCUT2D eigenvalue weighted by Gasteiger charge is -2.31. The van der Waals surface area contributed by atoms with Crippen LogP contribution >= 0.6 is 0 Å². The highest BCUT2D eigenvalue weighted by Crippen LogP contribution is 2.92. The van der Waals surface area contributed by atoms with Crippen molar-refractivity contribution in [3.63, 3.8) is 0 Å². The number of unbranched alkanes of at least 4 members (excludes halogenated alkanes) is 2. The lowest BCUT2D eigenvalue weighted by molar-refractivity contribution is -0.480. The number of hydrogen-bond acceptors (Lipinski definition) is 4. The first-order valence-electron chi connectivity index (χ1n) is 8.79. The summed E-state index contributed by atoms with van der Waals surface area (Å²) in [7, 11) is 0. The van der Waals surface area contributed by atoms with Crippen molar-refractivity contribution in [2.24, 2.45) is 29.4 Å². The summed E-state index contributed by atoms with van der Waals surface area (Å²) >= 11 is 0. The Hall–Kier alpha value is -0.680. The van der Waals surface area contributed by atoms with Crippen molar-refractivity contribution in [2.45, 2.75) is 56.5 Å². The number of nitrogens with zero attached hydrogens (tertiary/aromatic N) is 2. The van der Waals surface area contributed by atoms with Crippen molar-refractivity contribution >= 4 is 0 Å². The van der Waals surface area contributed by atoms with Gasteiger partial charge in [0.15, 0.2) is 0 Å². The lowest BCUT2D eigenvalue weighted by Crippen LogP contribution is -2.38. The molecular formula is C16H27N3O2. The number of rotatable bonds is 11. The average Bonchev–Trinajstić information content (AvgIpc) is 3.32. The summed E-state index contributed by atoms with van der Waals surface area (Å²) in [5.74, 6) is 4.10. The zero-order valence-corrected chi connectivity index (χ0v) is 12.7. The number of nitro groups is 1. The van der Waals surface area contributed by atoms with Gasteiger partial charge in [0.1, 0.15) is 0 Å². The standard InChI is InChI=1S/C16H27N3O2/c17-7-4-6-11(5-2-1-3-8-19(20)21)10-18-15-14-12-9-13(12)16(14,15)18/h11-15H,1-10,17H2. The van der Waals surface area contributed by atoms with Gasteiger partial charge in [-0.05, 0) is 62.3 Å². The van der Waals surface area contributed by atoms with E-state index in [0.717, 1.165) is 67.5 Å². The van der Waals surface area contributed by atoms with Crippen LogP contribution in [-0.4, -0.2) is 41.0 Å². The van der Waals surface area contributed by atoms with E-state index in [4.69, 9.17) is 5.73 Å². The quantitative estimate of drug-likeness (QED) is 0.273. The minimum absolute atomic E-state index is 0.134. The average molecular weight is 293 g/mol. The Kier molecular flexibility index (Phi) is 3.26. The molecule has 5 nitrogen and oxygen atoms in total. The summed E-state index contributed by atoms with van der Waals surface area (Å²) < 4.78 is 0. The van der Waals surface area contributed by atoms with Gasteiger partial charge in [-0.15, -0.1) is 0 Å². The first-order chi connectivity index (χ1) is 10.2. The molecule has 7 atom stereocenters. The third kappa shape index (κ3) is 2.04. The normalized spacial score (nSPS) is 44.9. The van der Waals surface area contributed by atoms with Crippen LogP contribution in [0.2, 0.25) is 0 Å². The first-order valence-corrected chi connectivity index (χ1v) is 8.79. The molecule has 2 N–H and O–H groups in total. The molecule has 4 fully saturated rings. The Labute approximate surface area is 126 Å². The molecule has 0 aromatic carbocycles. The van der Waals surface area contributed by atoms with E-state index in [1.165, 1.54) is 25.8 Å². The van der Waals surface area contributed by atoms with Gasteiger partial charge in [0.2, 0.25) is 6.54 Å². The Bertz CT molecular complexity index is 435. The molecule has 21 heavy (non-hydrogen) atoms. The van der Waals surface area contributed by atoms with E-state index < -0.39 is 0 Å². The number of hydrogen-bond donors (Lipinski definition) is 1. The second-order valence-electron chi connectivity index (χ2n) is 7.72. The molecular weight excluding hydrogens is 266 g/mol. The van der Waals surface area contributed by atoms with Crippen molar-refractivity contribution < 1.29 is 4.92 Å². The molecule has 4 rings (SSSR count). The highest BCUT2D eigenvalue weighted by Gasteiger charge is 3.01. The lowest BCUT2D eigenvalue weighted by atomic mass is 9.90. The second-order valence-corrected chi connectivity index (χ2v) is 7.72. The van der Waals surface area contributed by atoms with Gasteiger partial charge in [-0.3, -0.25) is 15.0 Å². The predicted molar refractivity (Wildman–Crippen MR) is 80.4 cm³/mol. The molecule has 0 radical (unpaired) electrons. The topological polar surface area (TPSA) is 72.2 Å². The van der Waals surface area contributed by atoms with Crippen LogP contribution in [-0.2, 0) is 0 Å². The SMILES string of the molecule is NCCCC(CCCCC[N+](=O)[O-])CN1C2C3C4CC4C321. The largest absolute Gasteiger partial charge is 0.330 e. The van der Waals surface area contributed by atoms with Gasteiger partial charge in [-0.1, -0.05) is 6.42 Å². The second kappa shape index (κ2) is 4.92. The van der Waals surface area contributed by atoms with Crippen molar-refractivity contribution in [3.05, 3.63) is 10.1 Å². The van der Waals surface area contributed by atoms with Crippen LogP contribution in [0.3, 0.4) is 0 Å². The fourth-order valence-electron chi connectivity index (χ4n) is 5.52. The van der Waals surface area contributed by atoms with Crippen LogP contribution in [0.15, 0.2) is 0 Å². The Morgan fingerprint density at radius 3 is 2.76 bits per heavy atom. The maximum Gasteiger partial charge on any atom is 0.203 e. The smallest absolute Gasteiger partial charge is 0.203 e. The van der Waals surface area contributed by atoms with E-state index in [0.29, 0.717) is 0 Å². The van der Waals surface area contributed by atoms with Crippen molar-refractivity contribution in [1.82, 2.24) is 4.90 Å². The molecule has 3 aliphatic carbocycles. The van der Waals surface area contributed by atoms with E-state index in [9.17, 15) is 10.1 Å². The number of piperidine rings is 1. The molecule has 5 heteroatoms. The van der Waals surface area contributed by atoms with Crippen molar-refractivity contribution in [2.75, 3.05) is 19.6 Å². The summed E-state index contributed by atoms with van der Waals surface area (Å²) in [6.07, 6.45) is 8.00. The van der Waals surface area contributed by atoms with Gasteiger partial charge in [-0.25, -0.2) is 0 Å². The molecule has 118 valence electrons. The summed E-state index contributed by atoms with van der Waals surface area (Å²) in [6.45, 7) is 2.20. The molecule has 1 aliphatic heterocycles. The summed E-state index contributed by atoms with van der Waals surface area (Å²) in [5, 5.41) is 10.3. The first kappa shape index (κ1) is 13.9. The van der Waals surface area contributed by atoms with Crippen LogP contribution in [0.1, 0.15) is 44.9 Å². The maximum atomic E-state index is 10.3. The van der Waals surface area contributed by atoms with Gasteiger partial charge >= 0.3 is 0 Å². The van der Waals surface area contributed by atoms with Crippen LogP contribution < -0.4 is 5.73 Å². The summed E-state index contributed by atoms with van der Waals surface area (Å²) in [6, 6.07) is 0.983. The van der Waals surface area contributed by atoms with E-state index in [-0.39, 0.29) is 11.5 Å². The number of fused-ring (bicyclic) bond motifs is 3. The molecule has 0 amide bonds. The molecule has 3 saturated carbocycles. The fourth-order valence-corrected chi connectivity index (χ4v) is 5.52. The molecule has 0 aromatic heterocycles. The van der Waals surface area contributed by atoms with E-state index >= 15 is 0 Å². The van der Waals surface area contributed by atoms with Crippen molar-refractivity contribution in [3.8, 4) is 0 Å². The molecule has 1 spiro atoms. The Morgan fingerprint density at radius 2 is 2.10 bits per heavy atom. The van der Waals surface area contributed by atoms with Gasteiger partial charge in [0.25, 0.3) is 0 Å². The van der Waals surface area contributed by atoms with Crippen LogP contribution in [0, 0.1) is 33.8 Å². The summed E-state index contributed by atoms with van der Waals surface area (Å²) in [4.78, 5) is 12.9. The molecule has 0 bridgehead atoms. The highest BCUT2D eigenvalue weighted by molar-refractivity contribution is 5.54. The third-order valence-electron chi connectivity index (χ3n) is 6.62. The van der Waals surface area contributed by atoms with E-state index in [2.05, 4.69) is 4.90 Å². The monoisotopic (exact) mass is 293 g/mol. The van der Waals surface area contributed by atoms with Crippen molar-refractivity contribution in [1.29, 1.82) is 0 Å². The molecule has 4 aliphatic rings. The van der Waals surface area contributed by atoms with Gasteiger partial charge in [0.05, 0.1) is 0 Å². The zero-order chi connectivity index (χ0) is 14.6. The third-order valence-corrected chi connectivity index (χ3v) is 6.62. The predicted octanol–water partition coefficient (Wildman–Crippen LogP) is 1.88. The van der Waals surface area contributed by atoms with Gasteiger partial charge < -0.3 is 5.73 Å². The van der Waals surface area contributed by atoms with Crippen LogP contribution in [0.4, 0.5) is 0 Å². The Morgan fingerprint density at radius 1 is 1.29 bits per heavy atom. The van der Waals surface area contributed by atoms with Crippen LogP contribution in [0.5, 0.6) is 0 Å². The number of likely N-dealkylation sites (tertiary alicyclic amines) is 1. The zero-order valence-electron chi connectivity index (χ0n) is 12.7. The molecule has 0 aromatic rings. The minimum Gasteiger partial charge on any atom is -0.330 e. The maximum absolute atomic E-state index is 10.3. The Balaban J connectivity index is 1.17. The van der Waals surface area contributed by atoms with Gasteiger partial charge in [-0.2, -0.15) is 0 Å². The van der Waals surface area contributed by atoms with Crippen LogP contribution in [0.25, 0.3) is 0 Å². The molecule has 1 heterocycles. The fraction of sp³-hybridized carbons (Fsp3) is 1.00. The molecule has 1 saturated heterocycles. The minimum atomic E-state index is -0.197. The van der Waals surface area contributed by atoms with E-state index in [1.807, 2.05) is 0 Å².